The van der Waals surface area contributed by atoms with Gasteiger partial charge in [0.1, 0.15) is 0 Å². The van der Waals surface area contributed by atoms with E-state index >= 15 is 0 Å². The van der Waals surface area contributed by atoms with Crippen LogP contribution in [-0.2, 0) is 0 Å². The van der Waals surface area contributed by atoms with Crippen molar-refractivity contribution in [1.29, 1.82) is 0 Å². The maximum atomic E-state index is 3.69. The monoisotopic (exact) mass is 175 g/mol. The van der Waals surface area contributed by atoms with Gasteiger partial charge in [-0.3, -0.25) is 0 Å². The van der Waals surface area contributed by atoms with Crippen molar-refractivity contribution in [2.45, 2.75) is 27.7 Å². The molecule has 70 valence electrons. The van der Waals surface area contributed by atoms with Crippen molar-refractivity contribution in [3.8, 4) is 0 Å². The standard InChI is InChI=1S/C12H17N/c1-6-13-12-10(4)8(2)7-9(3)11(12)5/h6-7,13H,1H2,2-5H3. The van der Waals surface area contributed by atoms with Crippen molar-refractivity contribution in [2.75, 3.05) is 5.32 Å². The van der Waals surface area contributed by atoms with Gasteiger partial charge in [0.25, 0.3) is 0 Å². The molecule has 0 amide bonds. The Bertz CT molecular complexity index is 311. The van der Waals surface area contributed by atoms with E-state index in [-0.39, 0.29) is 0 Å². The van der Waals surface area contributed by atoms with Crippen LogP contribution in [0, 0.1) is 27.7 Å². The minimum Gasteiger partial charge on any atom is -0.362 e. The number of aryl methyl sites for hydroxylation is 2. The maximum Gasteiger partial charge on any atom is 0.0444 e. The van der Waals surface area contributed by atoms with Gasteiger partial charge < -0.3 is 5.32 Å². The lowest BCUT2D eigenvalue weighted by atomic mass is 9.99. The molecule has 0 atom stereocenters. The minimum atomic E-state index is 1.20. The molecule has 1 aromatic carbocycles. The molecule has 0 saturated carbocycles. The van der Waals surface area contributed by atoms with Crippen LogP contribution in [-0.4, -0.2) is 0 Å². The molecule has 1 nitrogen and oxygen atoms in total. The lowest BCUT2D eigenvalue weighted by Gasteiger charge is -2.14. The Morgan fingerprint density at radius 1 is 1.08 bits per heavy atom. The Labute approximate surface area is 80.5 Å². The molecule has 0 radical (unpaired) electrons. The summed E-state index contributed by atoms with van der Waals surface area (Å²) in [5.74, 6) is 0. The fourth-order valence-electron chi connectivity index (χ4n) is 1.54. The highest BCUT2D eigenvalue weighted by molar-refractivity contribution is 5.63. The summed E-state index contributed by atoms with van der Waals surface area (Å²) in [6, 6.07) is 2.22. The molecule has 1 heteroatoms. The van der Waals surface area contributed by atoms with Gasteiger partial charge >= 0.3 is 0 Å². The van der Waals surface area contributed by atoms with Gasteiger partial charge in [-0.25, -0.2) is 0 Å². The molecule has 0 bridgehead atoms. The van der Waals surface area contributed by atoms with E-state index < -0.39 is 0 Å². The third kappa shape index (κ3) is 1.74. The summed E-state index contributed by atoms with van der Waals surface area (Å²) in [7, 11) is 0. The van der Waals surface area contributed by atoms with Crippen molar-refractivity contribution in [3.63, 3.8) is 0 Å². The second-order valence-electron chi connectivity index (χ2n) is 3.48. The molecular formula is C12H17N. The largest absolute Gasteiger partial charge is 0.362 e. The van der Waals surface area contributed by atoms with Gasteiger partial charge in [0.2, 0.25) is 0 Å². The van der Waals surface area contributed by atoms with Gasteiger partial charge in [0, 0.05) is 5.69 Å². The fourth-order valence-corrected chi connectivity index (χ4v) is 1.54. The van der Waals surface area contributed by atoms with E-state index in [0.717, 1.165) is 0 Å². The second kappa shape index (κ2) is 3.65. The first-order chi connectivity index (χ1) is 6.07. The van der Waals surface area contributed by atoms with Crippen molar-refractivity contribution < 1.29 is 0 Å². The lowest BCUT2D eigenvalue weighted by molar-refractivity contribution is 1.24. The van der Waals surface area contributed by atoms with Gasteiger partial charge in [-0.1, -0.05) is 12.6 Å². The molecule has 0 saturated heterocycles. The van der Waals surface area contributed by atoms with Crippen LogP contribution in [0.25, 0.3) is 0 Å². The molecule has 0 spiro atoms. The Hall–Kier alpha value is -1.24. The van der Waals surface area contributed by atoms with Crippen LogP contribution in [0.3, 0.4) is 0 Å². The highest BCUT2D eigenvalue weighted by Crippen LogP contribution is 2.26. The summed E-state index contributed by atoms with van der Waals surface area (Å²) in [5.41, 5.74) is 6.47. The first-order valence-electron chi connectivity index (χ1n) is 4.52. The number of anilines is 1. The van der Waals surface area contributed by atoms with Crippen molar-refractivity contribution in [1.82, 2.24) is 0 Å². The van der Waals surface area contributed by atoms with E-state index in [9.17, 15) is 0 Å². The summed E-state index contributed by atoms with van der Waals surface area (Å²) in [6.45, 7) is 12.2. The fraction of sp³-hybridized carbons (Fsp3) is 0.333. The normalized spacial score (nSPS) is 9.85. The van der Waals surface area contributed by atoms with Gasteiger partial charge in [-0.2, -0.15) is 0 Å². The molecule has 0 aromatic heterocycles. The van der Waals surface area contributed by atoms with Crippen molar-refractivity contribution in [3.05, 3.63) is 41.1 Å². The number of benzene rings is 1. The zero-order valence-electron chi connectivity index (χ0n) is 8.86. The molecule has 1 aromatic rings. The van der Waals surface area contributed by atoms with Gasteiger partial charge in [-0.15, -0.1) is 0 Å². The number of hydrogen-bond acceptors (Lipinski definition) is 1. The molecular weight excluding hydrogens is 158 g/mol. The lowest BCUT2D eigenvalue weighted by Crippen LogP contribution is -1.98. The molecule has 1 rings (SSSR count). The molecule has 0 aliphatic heterocycles. The van der Waals surface area contributed by atoms with E-state index in [4.69, 9.17) is 0 Å². The molecule has 0 unspecified atom stereocenters. The highest BCUT2D eigenvalue weighted by Gasteiger charge is 2.05. The molecule has 13 heavy (non-hydrogen) atoms. The smallest absolute Gasteiger partial charge is 0.0444 e. The zero-order valence-corrected chi connectivity index (χ0v) is 8.86. The summed E-state index contributed by atoms with van der Waals surface area (Å²) in [6.07, 6.45) is 1.73. The molecule has 0 aliphatic carbocycles. The Morgan fingerprint density at radius 3 is 1.92 bits per heavy atom. The molecule has 0 aliphatic rings. The van der Waals surface area contributed by atoms with Crippen LogP contribution in [0.5, 0.6) is 0 Å². The van der Waals surface area contributed by atoms with Crippen LogP contribution >= 0.6 is 0 Å². The molecule has 1 N–H and O–H groups in total. The van der Waals surface area contributed by atoms with Crippen LogP contribution in [0.15, 0.2) is 18.8 Å². The van der Waals surface area contributed by atoms with E-state index in [1.807, 2.05) is 0 Å². The number of hydrogen-bond donors (Lipinski definition) is 1. The third-order valence-corrected chi connectivity index (χ3v) is 2.61. The molecule has 0 fully saturated rings. The highest BCUT2D eigenvalue weighted by atomic mass is 14.8. The Balaban J connectivity index is 3.36. The van der Waals surface area contributed by atoms with Crippen LogP contribution in [0.4, 0.5) is 5.69 Å². The summed E-state index contributed by atoms with van der Waals surface area (Å²) >= 11 is 0. The predicted molar refractivity (Wildman–Crippen MR) is 59.2 cm³/mol. The number of nitrogens with one attached hydrogen (secondary N) is 1. The summed E-state index contributed by atoms with van der Waals surface area (Å²) < 4.78 is 0. The number of rotatable bonds is 2. The van der Waals surface area contributed by atoms with E-state index in [1.165, 1.54) is 27.9 Å². The van der Waals surface area contributed by atoms with Gasteiger partial charge in [0.15, 0.2) is 0 Å². The first-order valence-corrected chi connectivity index (χ1v) is 4.52. The third-order valence-electron chi connectivity index (χ3n) is 2.61. The van der Waals surface area contributed by atoms with Crippen LogP contribution in [0.1, 0.15) is 22.3 Å². The average Bonchev–Trinajstić information content (AvgIpc) is 2.09. The predicted octanol–water partition coefficient (Wildman–Crippen LogP) is 3.48. The minimum absolute atomic E-state index is 1.20. The average molecular weight is 175 g/mol. The molecule has 0 heterocycles. The van der Waals surface area contributed by atoms with E-state index in [0.29, 0.717) is 0 Å². The van der Waals surface area contributed by atoms with E-state index in [2.05, 4.69) is 45.7 Å². The maximum absolute atomic E-state index is 3.69. The first kappa shape index (κ1) is 9.85. The van der Waals surface area contributed by atoms with E-state index in [1.54, 1.807) is 6.20 Å². The summed E-state index contributed by atoms with van der Waals surface area (Å²) in [5, 5.41) is 3.19. The van der Waals surface area contributed by atoms with Crippen molar-refractivity contribution in [2.24, 2.45) is 0 Å². The zero-order chi connectivity index (χ0) is 10.0. The topological polar surface area (TPSA) is 12.0 Å². The summed E-state index contributed by atoms with van der Waals surface area (Å²) in [4.78, 5) is 0. The quantitative estimate of drug-likeness (QED) is 0.725. The van der Waals surface area contributed by atoms with Gasteiger partial charge in [0.05, 0.1) is 0 Å². The Kier molecular flexibility index (Phi) is 2.76. The van der Waals surface area contributed by atoms with Crippen LogP contribution < -0.4 is 5.32 Å². The van der Waals surface area contributed by atoms with Crippen molar-refractivity contribution >= 4 is 5.69 Å². The Morgan fingerprint density at radius 2 is 1.54 bits per heavy atom. The SMILES string of the molecule is C=CNc1c(C)c(C)cc(C)c1C. The van der Waals surface area contributed by atoms with Gasteiger partial charge in [-0.05, 0) is 56.1 Å². The van der Waals surface area contributed by atoms with Crippen LogP contribution in [0.2, 0.25) is 0 Å². The second-order valence-corrected chi connectivity index (χ2v) is 3.48.